The van der Waals surface area contributed by atoms with Gasteiger partial charge >= 0.3 is 0 Å². The van der Waals surface area contributed by atoms with Crippen LogP contribution in [0.3, 0.4) is 0 Å². The monoisotopic (exact) mass is 384 g/mol. The molecule has 0 amide bonds. The van der Waals surface area contributed by atoms with E-state index in [1.54, 1.807) is 6.92 Å². The van der Waals surface area contributed by atoms with Gasteiger partial charge in [0.1, 0.15) is 0 Å². The summed E-state index contributed by atoms with van der Waals surface area (Å²) in [4.78, 5) is 9.10. The molecule has 3 heteroatoms. The van der Waals surface area contributed by atoms with Crippen LogP contribution in [-0.4, -0.2) is 16.1 Å². The molecule has 1 aromatic heterocycles. The van der Waals surface area contributed by atoms with Crippen LogP contribution >= 0.6 is 0 Å². The predicted octanol–water partition coefficient (Wildman–Crippen LogP) is 7.51. The van der Waals surface area contributed by atoms with E-state index in [1.165, 1.54) is 62.5 Å². The first kappa shape index (κ1) is 22.5. The van der Waals surface area contributed by atoms with E-state index in [0.717, 1.165) is 30.7 Å². The number of rotatable bonds is 14. The molecule has 0 spiro atoms. The molecule has 1 unspecified atom stereocenters. The molecular formula is C25H37FN2. The third-order valence-electron chi connectivity index (χ3n) is 5.30. The van der Waals surface area contributed by atoms with Crippen molar-refractivity contribution in [2.24, 2.45) is 0 Å². The molecule has 0 aliphatic carbocycles. The average Bonchev–Trinajstić information content (AvgIpc) is 2.71. The molecule has 0 radical (unpaired) electrons. The van der Waals surface area contributed by atoms with Crippen LogP contribution in [0.25, 0.3) is 11.4 Å². The van der Waals surface area contributed by atoms with E-state index in [2.05, 4.69) is 41.2 Å². The molecule has 2 rings (SSSR count). The molecular weight excluding hydrogens is 347 g/mol. The third-order valence-corrected chi connectivity index (χ3v) is 5.30. The van der Waals surface area contributed by atoms with Crippen LogP contribution in [0.5, 0.6) is 0 Å². The van der Waals surface area contributed by atoms with Crippen LogP contribution in [0.15, 0.2) is 36.7 Å². The van der Waals surface area contributed by atoms with Gasteiger partial charge in [0.25, 0.3) is 0 Å². The highest BCUT2D eigenvalue weighted by molar-refractivity contribution is 5.55. The summed E-state index contributed by atoms with van der Waals surface area (Å²) in [5.74, 6) is 0.781. The number of nitrogens with zero attached hydrogens (tertiary/aromatic N) is 2. The van der Waals surface area contributed by atoms with E-state index in [-0.39, 0.29) is 0 Å². The number of unbranched alkanes of at least 4 members (excludes halogenated alkanes) is 7. The Balaban J connectivity index is 1.70. The van der Waals surface area contributed by atoms with Crippen molar-refractivity contribution in [1.29, 1.82) is 0 Å². The molecule has 1 atom stereocenters. The molecule has 0 N–H and O–H groups in total. The summed E-state index contributed by atoms with van der Waals surface area (Å²) >= 11 is 0. The van der Waals surface area contributed by atoms with Gasteiger partial charge in [-0.25, -0.2) is 14.4 Å². The van der Waals surface area contributed by atoms with Crippen molar-refractivity contribution in [3.8, 4) is 11.4 Å². The maximum absolute atomic E-state index is 12.9. The van der Waals surface area contributed by atoms with Gasteiger partial charge in [-0.05, 0) is 50.2 Å². The largest absolute Gasteiger partial charge is 0.248 e. The Kier molecular flexibility index (Phi) is 10.8. The van der Waals surface area contributed by atoms with Crippen LogP contribution in [0, 0.1) is 0 Å². The fraction of sp³-hybridized carbons (Fsp3) is 0.600. The van der Waals surface area contributed by atoms with Gasteiger partial charge in [-0.15, -0.1) is 0 Å². The molecule has 28 heavy (non-hydrogen) atoms. The van der Waals surface area contributed by atoms with E-state index in [4.69, 9.17) is 0 Å². The second kappa shape index (κ2) is 13.4. The highest BCUT2D eigenvalue weighted by atomic mass is 19.1. The van der Waals surface area contributed by atoms with Crippen LogP contribution in [-0.2, 0) is 12.8 Å². The molecule has 0 bridgehead atoms. The summed E-state index contributed by atoms with van der Waals surface area (Å²) in [6, 6.07) is 8.36. The number of benzene rings is 1. The lowest BCUT2D eigenvalue weighted by molar-refractivity contribution is 0.334. The van der Waals surface area contributed by atoms with Gasteiger partial charge in [0.05, 0.1) is 6.17 Å². The molecule has 1 aromatic carbocycles. The van der Waals surface area contributed by atoms with Crippen LogP contribution < -0.4 is 0 Å². The van der Waals surface area contributed by atoms with Crippen LogP contribution in [0.2, 0.25) is 0 Å². The topological polar surface area (TPSA) is 25.8 Å². The van der Waals surface area contributed by atoms with Crippen molar-refractivity contribution in [3.63, 3.8) is 0 Å². The summed E-state index contributed by atoms with van der Waals surface area (Å²) in [7, 11) is 0. The van der Waals surface area contributed by atoms with Gasteiger partial charge in [-0.2, -0.15) is 0 Å². The third kappa shape index (κ3) is 8.95. The number of hydrogen-bond acceptors (Lipinski definition) is 2. The molecule has 2 nitrogen and oxygen atoms in total. The van der Waals surface area contributed by atoms with Gasteiger partial charge in [0, 0.05) is 18.0 Å². The molecule has 0 saturated carbocycles. The second-order valence-electron chi connectivity index (χ2n) is 8.01. The Labute approximate surface area is 171 Å². The fourth-order valence-corrected chi connectivity index (χ4v) is 3.50. The normalized spacial score (nSPS) is 12.2. The SMILES string of the molecule is CCCCCCCCCCc1cnc(-c2ccc(CCCC(C)F)cc2)nc1. The Morgan fingerprint density at radius 3 is 1.93 bits per heavy atom. The zero-order valence-corrected chi connectivity index (χ0v) is 17.8. The first-order valence-corrected chi connectivity index (χ1v) is 11.2. The standard InChI is InChI=1S/C25H37FN2/c1-3-4-5-6-7-8-9-10-13-23-19-27-25(28-20-23)24-17-15-22(16-18-24)14-11-12-21(2)26/h15-21H,3-14H2,1-2H3. The zero-order valence-electron chi connectivity index (χ0n) is 17.8. The van der Waals surface area contributed by atoms with E-state index in [9.17, 15) is 4.39 Å². The molecule has 1 heterocycles. The summed E-state index contributed by atoms with van der Waals surface area (Å²) in [6.45, 7) is 3.89. The number of alkyl halides is 1. The number of hydrogen-bond donors (Lipinski definition) is 0. The Hall–Kier alpha value is -1.77. The molecule has 2 aromatic rings. The van der Waals surface area contributed by atoms with Crippen LogP contribution in [0.4, 0.5) is 4.39 Å². The first-order valence-electron chi connectivity index (χ1n) is 11.2. The average molecular weight is 385 g/mol. The van der Waals surface area contributed by atoms with Gasteiger partial charge in [0.15, 0.2) is 5.82 Å². The molecule has 0 aliphatic rings. The number of halogens is 1. The number of aromatic nitrogens is 2. The van der Waals surface area contributed by atoms with Crippen molar-refractivity contribution < 1.29 is 4.39 Å². The Morgan fingerprint density at radius 1 is 0.750 bits per heavy atom. The van der Waals surface area contributed by atoms with Gasteiger partial charge in [-0.3, -0.25) is 0 Å². The van der Waals surface area contributed by atoms with Gasteiger partial charge in [0.2, 0.25) is 0 Å². The minimum Gasteiger partial charge on any atom is -0.248 e. The zero-order chi connectivity index (χ0) is 20.0. The maximum atomic E-state index is 12.9. The minimum absolute atomic E-state index is 0.630. The quantitative estimate of drug-likeness (QED) is 0.315. The summed E-state index contributed by atoms with van der Waals surface area (Å²) in [5.41, 5.74) is 3.52. The van der Waals surface area contributed by atoms with Crippen molar-refractivity contribution in [2.75, 3.05) is 0 Å². The lowest BCUT2D eigenvalue weighted by Crippen LogP contribution is -1.95. The van der Waals surface area contributed by atoms with Crippen molar-refractivity contribution in [2.45, 2.75) is 97.1 Å². The summed E-state index contributed by atoms with van der Waals surface area (Å²) in [6.07, 6.45) is 17.5. The van der Waals surface area contributed by atoms with Crippen molar-refractivity contribution in [3.05, 3.63) is 47.8 Å². The Morgan fingerprint density at radius 2 is 1.32 bits per heavy atom. The van der Waals surface area contributed by atoms with E-state index < -0.39 is 6.17 Å². The molecule has 0 saturated heterocycles. The van der Waals surface area contributed by atoms with E-state index in [0.29, 0.717) is 6.42 Å². The number of aryl methyl sites for hydroxylation is 2. The van der Waals surface area contributed by atoms with Crippen molar-refractivity contribution in [1.82, 2.24) is 9.97 Å². The van der Waals surface area contributed by atoms with E-state index >= 15 is 0 Å². The highest BCUT2D eigenvalue weighted by Gasteiger charge is 2.04. The minimum atomic E-state index is -0.711. The second-order valence-corrected chi connectivity index (χ2v) is 8.01. The predicted molar refractivity (Wildman–Crippen MR) is 117 cm³/mol. The fourth-order valence-electron chi connectivity index (χ4n) is 3.50. The lowest BCUT2D eigenvalue weighted by atomic mass is 10.0. The van der Waals surface area contributed by atoms with Gasteiger partial charge in [-0.1, -0.05) is 76.1 Å². The van der Waals surface area contributed by atoms with Gasteiger partial charge < -0.3 is 0 Å². The molecule has 0 aliphatic heterocycles. The van der Waals surface area contributed by atoms with E-state index in [1.807, 2.05) is 12.4 Å². The van der Waals surface area contributed by atoms with Crippen molar-refractivity contribution >= 4 is 0 Å². The van der Waals surface area contributed by atoms with Crippen LogP contribution in [0.1, 0.15) is 89.2 Å². The first-order chi connectivity index (χ1) is 13.7. The molecule has 154 valence electrons. The molecule has 0 fully saturated rings. The smallest absolute Gasteiger partial charge is 0.159 e. The lowest BCUT2D eigenvalue weighted by Gasteiger charge is -2.06. The summed E-state index contributed by atoms with van der Waals surface area (Å²) in [5, 5.41) is 0. The maximum Gasteiger partial charge on any atom is 0.159 e. The highest BCUT2D eigenvalue weighted by Crippen LogP contribution is 2.18. The Bertz CT molecular complexity index is 635. The summed E-state index contributed by atoms with van der Waals surface area (Å²) < 4.78 is 12.9.